The zero-order valence-corrected chi connectivity index (χ0v) is 19.0. The lowest BCUT2D eigenvalue weighted by atomic mass is 10.1. The number of carboxylic acids is 1. The van der Waals surface area contributed by atoms with Gasteiger partial charge in [0.2, 0.25) is 0 Å². The summed E-state index contributed by atoms with van der Waals surface area (Å²) in [6, 6.07) is 2.38. The van der Waals surface area contributed by atoms with E-state index in [-0.39, 0.29) is 17.9 Å². The monoisotopic (exact) mass is 496 g/mol. The van der Waals surface area contributed by atoms with Crippen LogP contribution in [-0.4, -0.2) is 74.1 Å². The summed E-state index contributed by atoms with van der Waals surface area (Å²) in [5, 5.41) is 33.0. The Balaban J connectivity index is 1.70. The van der Waals surface area contributed by atoms with E-state index in [2.05, 4.69) is 15.3 Å². The summed E-state index contributed by atoms with van der Waals surface area (Å²) in [4.78, 5) is 37.5. The quantitative estimate of drug-likeness (QED) is 0.340. The molecule has 1 aliphatic heterocycles. The van der Waals surface area contributed by atoms with E-state index < -0.39 is 48.6 Å². The molecule has 12 heteroatoms. The van der Waals surface area contributed by atoms with Gasteiger partial charge >= 0.3 is 11.9 Å². The molecule has 3 rings (SSSR count). The number of aliphatic hydroxyl groups excluding tert-OH is 2. The molecule has 0 saturated heterocycles. The Kier molecular flexibility index (Phi) is 9.11. The van der Waals surface area contributed by atoms with Gasteiger partial charge in [0, 0.05) is 25.0 Å². The van der Waals surface area contributed by atoms with Crippen molar-refractivity contribution in [2.75, 3.05) is 25.0 Å². The first-order valence-corrected chi connectivity index (χ1v) is 11.2. The highest BCUT2D eigenvalue weighted by molar-refractivity contribution is 6.33. The summed E-state index contributed by atoms with van der Waals surface area (Å²) in [6.07, 6.45) is 2.97. The van der Waals surface area contributed by atoms with Crippen LogP contribution in [-0.2, 0) is 22.5 Å². The standard InChI is InChI=1S/C22H26ClFN4O6/c23-16-10-25-11-17(24)19(16)22(33)34-28(18(7-9-29)21(31)32)12-15(30)6-5-14-4-3-13-2-1-8-26-20(13)27-14/h3-4,10-11,15,18,29-30H,1-2,5-9,12H2,(H,26,27)(H,31,32)/t15-,18-/m0/s1. The summed E-state index contributed by atoms with van der Waals surface area (Å²) in [6.45, 7) is -0.0658. The van der Waals surface area contributed by atoms with Gasteiger partial charge in [-0.2, -0.15) is 0 Å². The molecule has 0 amide bonds. The van der Waals surface area contributed by atoms with E-state index in [9.17, 15) is 29.3 Å². The molecule has 3 heterocycles. The minimum atomic E-state index is -1.47. The molecule has 1 aliphatic rings. The van der Waals surface area contributed by atoms with E-state index in [4.69, 9.17) is 16.4 Å². The van der Waals surface area contributed by atoms with Crippen molar-refractivity contribution in [3.05, 3.63) is 52.2 Å². The number of halogens is 2. The van der Waals surface area contributed by atoms with E-state index in [0.29, 0.717) is 6.42 Å². The first-order valence-electron chi connectivity index (χ1n) is 10.8. The number of nitrogens with zero attached hydrogens (tertiary/aromatic N) is 3. The molecular weight excluding hydrogens is 471 g/mol. The fraction of sp³-hybridized carbons (Fsp3) is 0.455. The molecule has 2 aromatic rings. The van der Waals surface area contributed by atoms with Crippen LogP contribution in [0.15, 0.2) is 24.5 Å². The maximum atomic E-state index is 14.1. The van der Waals surface area contributed by atoms with Crippen molar-refractivity contribution in [3.63, 3.8) is 0 Å². The number of aryl methyl sites for hydroxylation is 2. The fourth-order valence-corrected chi connectivity index (χ4v) is 3.84. The Hall–Kier alpha value is -2.86. The molecule has 2 atom stereocenters. The highest BCUT2D eigenvalue weighted by Crippen LogP contribution is 2.22. The van der Waals surface area contributed by atoms with Gasteiger partial charge in [0.25, 0.3) is 0 Å². The van der Waals surface area contributed by atoms with Crippen molar-refractivity contribution in [1.29, 1.82) is 0 Å². The number of pyridine rings is 2. The highest BCUT2D eigenvalue weighted by atomic mass is 35.5. The molecule has 0 aliphatic carbocycles. The second-order valence-corrected chi connectivity index (χ2v) is 8.26. The number of aliphatic hydroxyl groups is 2. The van der Waals surface area contributed by atoms with Gasteiger partial charge in [0.1, 0.15) is 17.4 Å². The van der Waals surface area contributed by atoms with Crippen LogP contribution >= 0.6 is 11.6 Å². The second kappa shape index (κ2) is 12.0. The first-order chi connectivity index (χ1) is 16.3. The first kappa shape index (κ1) is 25.8. The molecule has 0 aromatic carbocycles. The van der Waals surface area contributed by atoms with E-state index in [1.165, 1.54) is 0 Å². The predicted octanol–water partition coefficient (Wildman–Crippen LogP) is 1.83. The van der Waals surface area contributed by atoms with Gasteiger partial charge < -0.3 is 25.5 Å². The molecule has 0 unspecified atom stereocenters. The smallest absolute Gasteiger partial charge is 0.361 e. The zero-order valence-electron chi connectivity index (χ0n) is 18.3. The number of hydroxylamine groups is 2. The van der Waals surface area contributed by atoms with Gasteiger partial charge in [-0.3, -0.25) is 9.78 Å². The maximum Gasteiger partial charge on any atom is 0.361 e. The number of hydrogen-bond acceptors (Lipinski definition) is 9. The van der Waals surface area contributed by atoms with Crippen LogP contribution in [0.5, 0.6) is 0 Å². The molecule has 0 bridgehead atoms. The Labute approximate surface area is 200 Å². The number of carbonyl (C=O) groups excluding carboxylic acids is 1. The molecule has 0 saturated carbocycles. The van der Waals surface area contributed by atoms with Crippen LogP contribution in [0.25, 0.3) is 0 Å². The molecule has 34 heavy (non-hydrogen) atoms. The highest BCUT2D eigenvalue weighted by Gasteiger charge is 2.32. The van der Waals surface area contributed by atoms with Gasteiger partial charge in [-0.05, 0) is 43.7 Å². The van der Waals surface area contributed by atoms with Crippen LogP contribution in [0.4, 0.5) is 10.2 Å². The summed E-state index contributed by atoms with van der Waals surface area (Å²) >= 11 is 5.85. The molecule has 10 nitrogen and oxygen atoms in total. The largest absolute Gasteiger partial charge is 0.480 e. The average Bonchev–Trinajstić information content (AvgIpc) is 2.80. The molecule has 0 fully saturated rings. The lowest BCUT2D eigenvalue weighted by Gasteiger charge is -2.28. The lowest BCUT2D eigenvalue weighted by Crippen LogP contribution is -2.46. The number of anilines is 1. The van der Waals surface area contributed by atoms with Crippen LogP contribution in [0.2, 0.25) is 5.02 Å². The third-order valence-electron chi connectivity index (χ3n) is 5.37. The molecular formula is C22H26ClFN4O6. The van der Waals surface area contributed by atoms with Gasteiger partial charge in [0.05, 0.1) is 23.9 Å². The molecule has 0 spiro atoms. The minimum Gasteiger partial charge on any atom is -0.480 e. The summed E-state index contributed by atoms with van der Waals surface area (Å²) in [5.41, 5.74) is 1.26. The Morgan fingerprint density at radius 2 is 2.09 bits per heavy atom. The molecule has 0 radical (unpaired) electrons. The number of carbonyl (C=O) groups is 2. The van der Waals surface area contributed by atoms with Gasteiger partial charge in [0.15, 0.2) is 5.82 Å². The zero-order chi connectivity index (χ0) is 24.7. The minimum absolute atomic E-state index is 0.190. The van der Waals surface area contributed by atoms with Crippen molar-refractivity contribution in [3.8, 4) is 0 Å². The number of fused-ring (bicyclic) bond motifs is 1. The SMILES string of the molecule is O=C(ON(C[C@@H](O)CCc1ccc2c(n1)NCCC2)[C@@H](CCO)C(=O)O)c1c(F)cncc1Cl. The predicted molar refractivity (Wildman–Crippen MR) is 120 cm³/mol. The maximum absolute atomic E-state index is 14.1. The number of aromatic nitrogens is 2. The number of carboxylic acid groups (broad SMARTS) is 1. The second-order valence-electron chi connectivity index (χ2n) is 7.86. The third-order valence-corrected chi connectivity index (χ3v) is 5.66. The van der Waals surface area contributed by atoms with E-state index in [1.54, 1.807) is 0 Å². The van der Waals surface area contributed by atoms with Gasteiger partial charge in [-0.1, -0.05) is 17.7 Å². The molecule has 4 N–H and O–H groups in total. The fourth-order valence-electron chi connectivity index (χ4n) is 3.62. The van der Waals surface area contributed by atoms with Crippen molar-refractivity contribution in [1.82, 2.24) is 15.0 Å². The van der Waals surface area contributed by atoms with Crippen LogP contribution in [0, 0.1) is 5.82 Å². The normalized spacial score (nSPS) is 14.7. The van der Waals surface area contributed by atoms with E-state index >= 15 is 0 Å². The van der Waals surface area contributed by atoms with Crippen molar-refractivity contribution in [2.45, 2.75) is 44.2 Å². The number of hydrogen-bond donors (Lipinski definition) is 4. The average molecular weight is 497 g/mol. The number of aliphatic carboxylic acids is 1. The van der Waals surface area contributed by atoms with Crippen molar-refractivity contribution >= 4 is 29.4 Å². The Bertz CT molecular complexity index is 1010. The molecule has 184 valence electrons. The summed E-state index contributed by atoms with van der Waals surface area (Å²) in [7, 11) is 0. The Morgan fingerprint density at radius 3 is 2.79 bits per heavy atom. The van der Waals surface area contributed by atoms with Crippen molar-refractivity contribution < 1.29 is 34.1 Å². The van der Waals surface area contributed by atoms with E-state index in [0.717, 1.165) is 53.9 Å². The van der Waals surface area contributed by atoms with Crippen LogP contribution in [0.1, 0.15) is 40.9 Å². The van der Waals surface area contributed by atoms with Crippen molar-refractivity contribution in [2.24, 2.45) is 0 Å². The Morgan fingerprint density at radius 1 is 1.29 bits per heavy atom. The van der Waals surface area contributed by atoms with Crippen LogP contribution < -0.4 is 5.32 Å². The lowest BCUT2D eigenvalue weighted by molar-refractivity contribution is -0.180. The van der Waals surface area contributed by atoms with Crippen LogP contribution in [0.3, 0.4) is 0 Å². The van der Waals surface area contributed by atoms with Gasteiger partial charge in [-0.25, -0.2) is 14.2 Å². The number of rotatable bonds is 11. The summed E-state index contributed by atoms with van der Waals surface area (Å²) in [5.74, 6) is -2.86. The summed E-state index contributed by atoms with van der Waals surface area (Å²) < 4.78 is 14.1. The van der Waals surface area contributed by atoms with Gasteiger partial charge in [-0.15, -0.1) is 5.06 Å². The number of nitrogens with one attached hydrogen (secondary N) is 1. The third kappa shape index (κ3) is 6.60. The molecule has 2 aromatic heterocycles. The van der Waals surface area contributed by atoms with E-state index in [1.807, 2.05) is 12.1 Å². The topological polar surface area (TPSA) is 145 Å².